The van der Waals surface area contributed by atoms with Crippen molar-refractivity contribution in [1.29, 1.82) is 0 Å². The Labute approximate surface area is 102 Å². The summed E-state index contributed by atoms with van der Waals surface area (Å²) >= 11 is 0. The molecule has 0 spiro atoms. The maximum atomic E-state index is 12.1. The van der Waals surface area contributed by atoms with Crippen LogP contribution in [-0.4, -0.2) is 49.5 Å². The summed E-state index contributed by atoms with van der Waals surface area (Å²) < 4.78 is 24.2. The van der Waals surface area contributed by atoms with Crippen LogP contribution in [0.2, 0.25) is 0 Å². The average molecular weight is 251 g/mol. The smallest absolute Gasteiger partial charge is 0.251 e. The summed E-state index contributed by atoms with van der Waals surface area (Å²) in [4.78, 5) is 12.9. The highest BCUT2D eigenvalue weighted by atomic mass is 19.3. The van der Waals surface area contributed by atoms with Gasteiger partial charge in [-0.2, -0.15) is 0 Å². The van der Waals surface area contributed by atoms with Crippen LogP contribution in [0.15, 0.2) is 0 Å². The van der Waals surface area contributed by atoms with Crippen molar-refractivity contribution in [2.45, 2.75) is 38.7 Å². The van der Waals surface area contributed by atoms with E-state index in [1.807, 2.05) is 6.92 Å². The van der Waals surface area contributed by atoms with Crippen molar-refractivity contribution in [3.8, 4) is 0 Å². The Morgan fingerprint density at radius 2 is 2.12 bits per heavy atom. The zero-order valence-electron chi connectivity index (χ0n) is 10.8. The van der Waals surface area contributed by atoms with Crippen LogP contribution in [0.5, 0.6) is 0 Å². The number of hydrogen-bond donors (Lipinski definition) is 2. The first-order valence-electron chi connectivity index (χ1n) is 5.83. The summed E-state index contributed by atoms with van der Waals surface area (Å²) in [6.07, 6.45) is -1.05. The quantitative estimate of drug-likeness (QED) is 0.638. The van der Waals surface area contributed by atoms with E-state index in [0.717, 1.165) is 6.42 Å². The highest BCUT2D eigenvalue weighted by Crippen LogP contribution is 2.10. The normalized spacial score (nSPS) is 15.2. The molecule has 1 unspecified atom stereocenters. The first-order valence-corrected chi connectivity index (χ1v) is 5.83. The summed E-state index contributed by atoms with van der Waals surface area (Å²) in [6.45, 7) is 4.49. The van der Waals surface area contributed by atoms with Crippen LogP contribution in [-0.2, 0) is 4.79 Å². The number of nitrogens with zero attached hydrogens (tertiary/aromatic N) is 1. The molecule has 0 heterocycles. The highest BCUT2D eigenvalue weighted by Gasteiger charge is 2.30. The zero-order valence-corrected chi connectivity index (χ0v) is 10.8. The van der Waals surface area contributed by atoms with Crippen molar-refractivity contribution in [3.63, 3.8) is 0 Å². The lowest BCUT2D eigenvalue weighted by molar-refractivity contribution is -0.124. The van der Waals surface area contributed by atoms with E-state index < -0.39 is 17.9 Å². The van der Waals surface area contributed by atoms with Crippen LogP contribution >= 0.6 is 0 Å². The van der Waals surface area contributed by atoms with Gasteiger partial charge in [0.15, 0.2) is 0 Å². The molecule has 1 amide bonds. The SMILES string of the molecule is CCCNC(C)(CCN(C)CC(F)F)C(N)=O. The summed E-state index contributed by atoms with van der Waals surface area (Å²) in [5.41, 5.74) is 4.50. The fourth-order valence-electron chi connectivity index (χ4n) is 1.44. The van der Waals surface area contributed by atoms with E-state index in [9.17, 15) is 13.6 Å². The molecule has 0 aliphatic rings. The molecule has 0 saturated heterocycles. The van der Waals surface area contributed by atoms with Gasteiger partial charge in [0.25, 0.3) is 6.43 Å². The minimum atomic E-state index is -2.36. The van der Waals surface area contributed by atoms with Crippen molar-refractivity contribution in [1.82, 2.24) is 10.2 Å². The van der Waals surface area contributed by atoms with Crippen LogP contribution in [0.3, 0.4) is 0 Å². The number of carbonyl (C=O) groups is 1. The van der Waals surface area contributed by atoms with Gasteiger partial charge in [-0.05, 0) is 33.4 Å². The third kappa shape index (κ3) is 6.53. The third-order valence-corrected chi connectivity index (χ3v) is 2.75. The largest absolute Gasteiger partial charge is 0.368 e. The van der Waals surface area contributed by atoms with E-state index in [1.165, 1.54) is 4.90 Å². The van der Waals surface area contributed by atoms with Gasteiger partial charge in [-0.25, -0.2) is 8.78 Å². The zero-order chi connectivity index (χ0) is 13.5. The van der Waals surface area contributed by atoms with Gasteiger partial charge in [0.05, 0.1) is 12.1 Å². The summed E-state index contributed by atoms with van der Waals surface area (Å²) in [5.74, 6) is -0.448. The van der Waals surface area contributed by atoms with Gasteiger partial charge in [0, 0.05) is 6.54 Å². The Morgan fingerprint density at radius 1 is 1.53 bits per heavy atom. The molecule has 102 valence electrons. The predicted molar refractivity (Wildman–Crippen MR) is 64.0 cm³/mol. The molecule has 0 radical (unpaired) electrons. The molecule has 0 aromatic carbocycles. The lowest BCUT2D eigenvalue weighted by atomic mass is 9.96. The molecular formula is C11H23F2N3O. The maximum Gasteiger partial charge on any atom is 0.251 e. The van der Waals surface area contributed by atoms with Gasteiger partial charge in [0.1, 0.15) is 0 Å². The number of amides is 1. The molecule has 0 aliphatic heterocycles. The van der Waals surface area contributed by atoms with Gasteiger partial charge in [-0.3, -0.25) is 4.79 Å². The Hall–Kier alpha value is -0.750. The van der Waals surface area contributed by atoms with Crippen molar-refractivity contribution < 1.29 is 13.6 Å². The number of carbonyl (C=O) groups excluding carboxylic acids is 1. The predicted octanol–water partition coefficient (Wildman–Crippen LogP) is 0.817. The monoisotopic (exact) mass is 251 g/mol. The number of nitrogens with two attached hydrogens (primary N) is 1. The number of halogens is 2. The van der Waals surface area contributed by atoms with Gasteiger partial charge in [-0.1, -0.05) is 6.92 Å². The lowest BCUT2D eigenvalue weighted by Crippen LogP contribution is -2.54. The van der Waals surface area contributed by atoms with E-state index in [-0.39, 0.29) is 6.54 Å². The molecule has 0 bridgehead atoms. The molecular weight excluding hydrogens is 228 g/mol. The first-order chi connectivity index (χ1) is 7.81. The Balaban J connectivity index is 4.21. The molecule has 0 fully saturated rings. The lowest BCUT2D eigenvalue weighted by Gasteiger charge is -2.29. The van der Waals surface area contributed by atoms with Crippen molar-refractivity contribution in [2.75, 3.05) is 26.7 Å². The Kier molecular flexibility index (Phi) is 7.22. The molecule has 1 atom stereocenters. The second-order valence-electron chi connectivity index (χ2n) is 4.53. The Morgan fingerprint density at radius 3 is 2.53 bits per heavy atom. The number of hydrogen-bond acceptors (Lipinski definition) is 3. The topological polar surface area (TPSA) is 58.4 Å². The van der Waals surface area contributed by atoms with Gasteiger partial charge >= 0.3 is 0 Å². The number of alkyl halides is 2. The number of rotatable bonds is 9. The maximum absolute atomic E-state index is 12.1. The molecule has 4 nitrogen and oxygen atoms in total. The van der Waals surface area contributed by atoms with Crippen LogP contribution in [0.25, 0.3) is 0 Å². The second kappa shape index (κ2) is 7.55. The fourth-order valence-corrected chi connectivity index (χ4v) is 1.44. The van der Waals surface area contributed by atoms with E-state index in [2.05, 4.69) is 5.32 Å². The third-order valence-electron chi connectivity index (χ3n) is 2.75. The minimum absolute atomic E-state index is 0.289. The summed E-state index contributed by atoms with van der Waals surface area (Å²) in [7, 11) is 1.60. The van der Waals surface area contributed by atoms with Crippen molar-refractivity contribution >= 4 is 5.91 Å². The molecule has 0 saturated carbocycles. The summed E-state index contributed by atoms with van der Waals surface area (Å²) in [5, 5.41) is 3.07. The average Bonchev–Trinajstić information content (AvgIpc) is 2.22. The van der Waals surface area contributed by atoms with Crippen LogP contribution in [0, 0.1) is 0 Å². The molecule has 0 aromatic heterocycles. The molecule has 0 aromatic rings. The highest BCUT2D eigenvalue weighted by molar-refractivity contribution is 5.84. The Bertz CT molecular complexity index is 239. The molecule has 0 aliphatic carbocycles. The van der Waals surface area contributed by atoms with Crippen LogP contribution in [0.1, 0.15) is 26.7 Å². The van der Waals surface area contributed by atoms with Crippen LogP contribution < -0.4 is 11.1 Å². The van der Waals surface area contributed by atoms with Gasteiger partial charge in [0.2, 0.25) is 5.91 Å². The van der Waals surface area contributed by atoms with Crippen LogP contribution in [0.4, 0.5) is 8.78 Å². The summed E-state index contributed by atoms with van der Waals surface area (Å²) in [6, 6.07) is 0. The van der Waals surface area contributed by atoms with Gasteiger partial charge < -0.3 is 16.0 Å². The second-order valence-corrected chi connectivity index (χ2v) is 4.53. The van der Waals surface area contributed by atoms with E-state index in [0.29, 0.717) is 19.5 Å². The van der Waals surface area contributed by atoms with Crippen molar-refractivity contribution in [2.24, 2.45) is 5.73 Å². The number of nitrogens with one attached hydrogen (secondary N) is 1. The number of primary amides is 1. The fraction of sp³-hybridized carbons (Fsp3) is 0.909. The van der Waals surface area contributed by atoms with Gasteiger partial charge in [-0.15, -0.1) is 0 Å². The first kappa shape index (κ1) is 16.2. The van der Waals surface area contributed by atoms with E-state index >= 15 is 0 Å². The molecule has 6 heteroatoms. The standard InChI is InChI=1S/C11H23F2N3O/c1-4-6-15-11(2,10(14)17)5-7-16(3)8-9(12)13/h9,15H,4-8H2,1-3H3,(H2,14,17). The molecule has 0 rings (SSSR count). The molecule has 3 N–H and O–H groups in total. The van der Waals surface area contributed by atoms with E-state index in [1.54, 1.807) is 14.0 Å². The minimum Gasteiger partial charge on any atom is -0.368 e. The van der Waals surface area contributed by atoms with E-state index in [4.69, 9.17) is 5.73 Å². The molecule has 17 heavy (non-hydrogen) atoms. The van der Waals surface area contributed by atoms with Crippen molar-refractivity contribution in [3.05, 3.63) is 0 Å².